The molecule has 1 N–H and O–H groups in total. The van der Waals surface area contributed by atoms with Gasteiger partial charge in [-0.1, -0.05) is 0 Å². The third kappa shape index (κ3) is 3.34. The molecule has 0 unspecified atom stereocenters. The minimum atomic E-state index is 0.439. The van der Waals surface area contributed by atoms with Gasteiger partial charge in [-0.15, -0.1) is 11.3 Å². The van der Waals surface area contributed by atoms with Crippen molar-refractivity contribution < 1.29 is 4.74 Å². The molecule has 0 atom stereocenters. The van der Waals surface area contributed by atoms with Crippen molar-refractivity contribution in [2.75, 3.05) is 32.8 Å². The van der Waals surface area contributed by atoms with Crippen LogP contribution in [0.5, 0.6) is 0 Å². The van der Waals surface area contributed by atoms with E-state index in [9.17, 15) is 0 Å². The van der Waals surface area contributed by atoms with Crippen molar-refractivity contribution in [3.63, 3.8) is 0 Å². The Morgan fingerprint density at radius 3 is 3.00 bits per heavy atom. The fourth-order valence-electron chi connectivity index (χ4n) is 3.76. The first-order chi connectivity index (χ1) is 10.3. The molecule has 3 nitrogen and oxygen atoms in total. The van der Waals surface area contributed by atoms with E-state index < -0.39 is 0 Å². The molecule has 0 aromatic carbocycles. The average Bonchev–Trinajstić information content (AvgIpc) is 3.23. The Labute approximate surface area is 131 Å². The number of nitrogens with one attached hydrogen (secondary N) is 1. The lowest BCUT2D eigenvalue weighted by Crippen LogP contribution is -2.48. The maximum atomic E-state index is 5.64. The third-order valence-corrected chi connectivity index (χ3v) is 6.37. The van der Waals surface area contributed by atoms with Gasteiger partial charge in [-0.25, -0.2) is 0 Å². The molecule has 116 valence electrons. The number of thiophene rings is 1. The highest BCUT2D eigenvalue weighted by Gasteiger charge is 2.36. The highest BCUT2D eigenvalue weighted by atomic mass is 32.1. The fourth-order valence-corrected chi connectivity index (χ4v) is 4.65. The van der Waals surface area contributed by atoms with Crippen LogP contribution < -0.4 is 5.32 Å². The molecule has 21 heavy (non-hydrogen) atoms. The first-order valence-corrected chi connectivity index (χ1v) is 9.30. The summed E-state index contributed by atoms with van der Waals surface area (Å²) < 4.78 is 5.64. The topological polar surface area (TPSA) is 24.5 Å². The van der Waals surface area contributed by atoms with Gasteiger partial charge < -0.3 is 10.1 Å². The SMILES string of the molecule is c1cc2c(s1)CCN(CC1(CNC3CC3)CCOCC1)C2. The largest absolute Gasteiger partial charge is 0.381 e. The predicted molar refractivity (Wildman–Crippen MR) is 86.8 cm³/mol. The lowest BCUT2D eigenvalue weighted by Gasteiger charge is -2.42. The lowest BCUT2D eigenvalue weighted by atomic mass is 9.79. The monoisotopic (exact) mass is 306 g/mol. The number of fused-ring (bicyclic) bond motifs is 1. The van der Waals surface area contributed by atoms with Crippen molar-refractivity contribution >= 4 is 11.3 Å². The summed E-state index contributed by atoms with van der Waals surface area (Å²) in [6, 6.07) is 3.14. The van der Waals surface area contributed by atoms with E-state index in [4.69, 9.17) is 4.74 Å². The first-order valence-electron chi connectivity index (χ1n) is 8.42. The van der Waals surface area contributed by atoms with Gasteiger partial charge in [0.25, 0.3) is 0 Å². The zero-order chi connectivity index (χ0) is 14.1. The molecule has 1 aromatic rings. The van der Waals surface area contributed by atoms with Gasteiger partial charge >= 0.3 is 0 Å². The second-order valence-electron chi connectivity index (χ2n) is 7.10. The zero-order valence-corrected chi connectivity index (χ0v) is 13.6. The molecular formula is C17H26N2OS. The minimum absolute atomic E-state index is 0.439. The van der Waals surface area contributed by atoms with E-state index in [-0.39, 0.29) is 0 Å². The molecule has 1 saturated carbocycles. The Balaban J connectivity index is 1.41. The van der Waals surface area contributed by atoms with Crippen LogP contribution in [0.3, 0.4) is 0 Å². The van der Waals surface area contributed by atoms with Crippen LogP contribution in [-0.2, 0) is 17.7 Å². The molecular weight excluding hydrogens is 280 g/mol. The summed E-state index contributed by atoms with van der Waals surface area (Å²) in [5.41, 5.74) is 2.01. The van der Waals surface area contributed by atoms with Gasteiger partial charge in [0, 0.05) is 50.3 Å². The van der Waals surface area contributed by atoms with Crippen molar-refractivity contribution in [3.05, 3.63) is 21.9 Å². The Morgan fingerprint density at radius 2 is 2.19 bits per heavy atom. The quantitative estimate of drug-likeness (QED) is 0.905. The Hall–Kier alpha value is -0.420. The van der Waals surface area contributed by atoms with Crippen LogP contribution in [0.25, 0.3) is 0 Å². The van der Waals surface area contributed by atoms with E-state index in [2.05, 4.69) is 21.7 Å². The van der Waals surface area contributed by atoms with E-state index >= 15 is 0 Å². The van der Waals surface area contributed by atoms with Crippen molar-refractivity contribution in [1.29, 1.82) is 0 Å². The summed E-state index contributed by atoms with van der Waals surface area (Å²) >= 11 is 1.94. The first kappa shape index (κ1) is 14.2. The summed E-state index contributed by atoms with van der Waals surface area (Å²) in [7, 11) is 0. The van der Waals surface area contributed by atoms with E-state index in [1.54, 1.807) is 10.4 Å². The molecule has 1 saturated heterocycles. The molecule has 0 amide bonds. The smallest absolute Gasteiger partial charge is 0.0472 e. The van der Waals surface area contributed by atoms with Gasteiger partial charge in [-0.2, -0.15) is 0 Å². The molecule has 1 aromatic heterocycles. The predicted octanol–water partition coefficient (Wildman–Crippen LogP) is 2.66. The molecule has 0 bridgehead atoms. The van der Waals surface area contributed by atoms with Crippen LogP contribution in [-0.4, -0.2) is 43.8 Å². The van der Waals surface area contributed by atoms with Gasteiger partial charge in [-0.3, -0.25) is 4.90 Å². The fraction of sp³-hybridized carbons (Fsp3) is 0.765. The molecule has 1 aliphatic carbocycles. The van der Waals surface area contributed by atoms with E-state index in [1.807, 2.05) is 11.3 Å². The third-order valence-electron chi connectivity index (χ3n) is 5.34. The maximum absolute atomic E-state index is 5.64. The van der Waals surface area contributed by atoms with Crippen LogP contribution in [0.2, 0.25) is 0 Å². The van der Waals surface area contributed by atoms with E-state index in [0.717, 1.165) is 25.8 Å². The molecule has 0 spiro atoms. The summed E-state index contributed by atoms with van der Waals surface area (Å²) in [5, 5.41) is 6.05. The van der Waals surface area contributed by atoms with Crippen molar-refractivity contribution in [2.24, 2.45) is 5.41 Å². The second kappa shape index (κ2) is 5.99. The average molecular weight is 306 g/mol. The Kier molecular flexibility index (Phi) is 4.05. The standard InChI is InChI=1S/C17H26N2OS/c1-2-15(1)18-12-17(5-8-20-9-6-17)13-19-7-3-16-14(11-19)4-10-21-16/h4,10,15,18H,1-3,5-9,11-13H2. The zero-order valence-electron chi connectivity index (χ0n) is 12.8. The molecule has 3 aliphatic rings. The highest BCUT2D eigenvalue weighted by Crippen LogP contribution is 2.34. The maximum Gasteiger partial charge on any atom is 0.0472 e. The number of ether oxygens (including phenoxy) is 1. The Morgan fingerprint density at radius 1 is 1.33 bits per heavy atom. The van der Waals surface area contributed by atoms with Crippen LogP contribution in [0, 0.1) is 5.41 Å². The lowest BCUT2D eigenvalue weighted by molar-refractivity contribution is -0.00668. The van der Waals surface area contributed by atoms with E-state index in [1.165, 1.54) is 51.7 Å². The highest BCUT2D eigenvalue weighted by molar-refractivity contribution is 7.10. The van der Waals surface area contributed by atoms with Gasteiger partial charge in [0.2, 0.25) is 0 Å². The summed E-state index contributed by atoms with van der Waals surface area (Å²) in [5.74, 6) is 0. The summed E-state index contributed by atoms with van der Waals surface area (Å²) in [6.07, 6.45) is 6.46. The molecule has 0 radical (unpaired) electrons. The summed E-state index contributed by atoms with van der Waals surface area (Å²) in [6.45, 7) is 6.72. The van der Waals surface area contributed by atoms with Crippen molar-refractivity contribution in [1.82, 2.24) is 10.2 Å². The molecule has 2 fully saturated rings. The van der Waals surface area contributed by atoms with Crippen molar-refractivity contribution in [3.8, 4) is 0 Å². The van der Waals surface area contributed by atoms with Gasteiger partial charge in [0.1, 0.15) is 0 Å². The van der Waals surface area contributed by atoms with E-state index in [0.29, 0.717) is 5.41 Å². The normalized spacial score (nSPS) is 25.7. The number of nitrogens with zero attached hydrogens (tertiary/aromatic N) is 1. The van der Waals surface area contributed by atoms with Gasteiger partial charge in [0.05, 0.1) is 0 Å². The molecule has 2 aliphatic heterocycles. The van der Waals surface area contributed by atoms with Crippen LogP contribution in [0.1, 0.15) is 36.1 Å². The molecule has 4 rings (SSSR count). The van der Waals surface area contributed by atoms with Crippen molar-refractivity contribution in [2.45, 2.75) is 44.7 Å². The Bertz CT molecular complexity index is 477. The molecule has 4 heteroatoms. The summed E-state index contributed by atoms with van der Waals surface area (Å²) in [4.78, 5) is 4.30. The van der Waals surface area contributed by atoms with Gasteiger partial charge in [0.15, 0.2) is 0 Å². The van der Waals surface area contributed by atoms with Crippen LogP contribution in [0.4, 0.5) is 0 Å². The van der Waals surface area contributed by atoms with Crippen LogP contribution >= 0.6 is 11.3 Å². The number of hydrogen-bond donors (Lipinski definition) is 1. The number of rotatable bonds is 5. The minimum Gasteiger partial charge on any atom is -0.381 e. The number of hydrogen-bond acceptors (Lipinski definition) is 4. The second-order valence-corrected chi connectivity index (χ2v) is 8.10. The van der Waals surface area contributed by atoms with Crippen LogP contribution in [0.15, 0.2) is 11.4 Å². The molecule has 3 heterocycles. The van der Waals surface area contributed by atoms with Gasteiger partial charge in [-0.05, 0) is 54.5 Å².